The Bertz CT molecular complexity index is 1060. The van der Waals surface area contributed by atoms with Gasteiger partial charge in [-0.05, 0) is 56.2 Å². The molecule has 4 rings (SSSR count). The lowest BCUT2D eigenvalue weighted by Gasteiger charge is -2.14. The van der Waals surface area contributed by atoms with Crippen molar-refractivity contribution in [1.82, 2.24) is 9.97 Å². The first kappa shape index (κ1) is 19.0. The van der Waals surface area contributed by atoms with Crippen LogP contribution in [0.1, 0.15) is 29.0 Å². The van der Waals surface area contributed by atoms with Crippen LogP contribution in [0.4, 0.5) is 5.69 Å². The van der Waals surface area contributed by atoms with Crippen LogP contribution in [0, 0.1) is 18.8 Å². The zero-order valence-corrected chi connectivity index (χ0v) is 16.7. The van der Waals surface area contributed by atoms with Crippen molar-refractivity contribution in [2.24, 2.45) is 11.8 Å². The van der Waals surface area contributed by atoms with Gasteiger partial charge in [0.05, 0.1) is 5.92 Å². The molecule has 2 aromatic heterocycles. The van der Waals surface area contributed by atoms with Crippen molar-refractivity contribution in [3.63, 3.8) is 0 Å². The highest BCUT2D eigenvalue weighted by Crippen LogP contribution is 2.37. The van der Waals surface area contributed by atoms with Gasteiger partial charge in [0.1, 0.15) is 10.8 Å². The Labute approximate surface area is 172 Å². The van der Waals surface area contributed by atoms with E-state index < -0.39 is 11.3 Å². The molecule has 2 N–H and O–H groups in total. The average molecular weight is 416 g/mol. The van der Waals surface area contributed by atoms with Crippen LogP contribution in [0.25, 0.3) is 10.9 Å². The highest BCUT2D eigenvalue weighted by atomic mass is 35.5. The molecule has 3 aromatic rings. The SMILES string of the molecule is Cc1cc2cc(NC(=O)C3CC(C(=O)c4cccc(Cl)n4)CC3Cl)ccc2[nH]1. The monoisotopic (exact) mass is 415 g/mol. The Hall–Kier alpha value is -2.37. The lowest BCUT2D eigenvalue weighted by molar-refractivity contribution is -0.119. The summed E-state index contributed by atoms with van der Waals surface area (Å²) in [5.74, 6) is -1.05. The number of alkyl halides is 1. The zero-order chi connectivity index (χ0) is 19.8. The van der Waals surface area contributed by atoms with Crippen molar-refractivity contribution < 1.29 is 9.59 Å². The number of aryl methyl sites for hydroxylation is 1. The number of carbonyl (C=O) groups excluding carboxylic acids is 2. The summed E-state index contributed by atoms with van der Waals surface area (Å²) in [5.41, 5.74) is 3.11. The minimum atomic E-state index is -0.432. The first-order valence-corrected chi connectivity index (χ1v) is 9.93. The number of halogens is 2. The Morgan fingerprint density at radius 3 is 2.79 bits per heavy atom. The maximum Gasteiger partial charge on any atom is 0.229 e. The topological polar surface area (TPSA) is 74.8 Å². The molecule has 1 fully saturated rings. The molecule has 0 radical (unpaired) electrons. The molecule has 2 heterocycles. The lowest BCUT2D eigenvalue weighted by Crippen LogP contribution is -2.26. The minimum Gasteiger partial charge on any atom is -0.359 e. The van der Waals surface area contributed by atoms with Crippen molar-refractivity contribution in [2.45, 2.75) is 25.1 Å². The van der Waals surface area contributed by atoms with Gasteiger partial charge in [-0.3, -0.25) is 9.59 Å². The van der Waals surface area contributed by atoms with Gasteiger partial charge < -0.3 is 10.3 Å². The first-order chi connectivity index (χ1) is 13.4. The van der Waals surface area contributed by atoms with E-state index in [-0.39, 0.29) is 22.8 Å². The van der Waals surface area contributed by atoms with Gasteiger partial charge in [0.25, 0.3) is 0 Å². The van der Waals surface area contributed by atoms with Crippen LogP contribution >= 0.6 is 23.2 Å². The second-order valence-corrected chi connectivity index (χ2v) is 8.19. The van der Waals surface area contributed by atoms with Gasteiger partial charge in [0.2, 0.25) is 5.91 Å². The average Bonchev–Trinajstić information content (AvgIpc) is 3.22. The number of pyridine rings is 1. The highest BCUT2D eigenvalue weighted by Gasteiger charge is 2.41. The minimum absolute atomic E-state index is 0.118. The van der Waals surface area contributed by atoms with E-state index in [9.17, 15) is 9.59 Å². The first-order valence-electron chi connectivity index (χ1n) is 9.12. The fourth-order valence-electron chi connectivity index (χ4n) is 3.82. The van der Waals surface area contributed by atoms with Gasteiger partial charge in [-0.1, -0.05) is 17.7 Å². The lowest BCUT2D eigenvalue weighted by atomic mass is 9.97. The van der Waals surface area contributed by atoms with Crippen LogP contribution in [0.5, 0.6) is 0 Å². The molecule has 1 aliphatic rings. The maximum absolute atomic E-state index is 12.8. The molecule has 0 bridgehead atoms. The molecule has 3 unspecified atom stereocenters. The van der Waals surface area contributed by atoms with Crippen LogP contribution in [0.2, 0.25) is 5.15 Å². The summed E-state index contributed by atoms with van der Waals surface area (Å²) in [6, 6.07) is 12.7. The molecule has 0 aliphatic heterocycles. The number of fused-ring (bicyclic) bond motifs is 1. The number of nitrogens with one attached hydrogen (secondary N) is 2. The summed E-state index contributed by atoms with van der Waals surface area (Å²) >= 11 is 12.3. The second-order valence-electron chi connectivity index (χ2n) is 7.24. The number of Topliss-reactive ketones (excluding diaryl/α,β-unsaturated/α-hetero) is 1. The number of benzene rings is 1. The van der Waals surface area contributed by atoms with Gasteiger partial charge in [0.15, 0.2) is 5.78 Å². The van der Waals surface area contributed by atoms with Gasteiger partial charge >= 0.3 is 0 Å². The summed E-state index contributed by atoms with van der Waals surface area (Å²) in [7, 11) is 0. The molecular weight excluding hydrogens is 397 g/mol. The van der Waals surface area contributed by atoms with E-state index in [1.54, 1.807) is 18.2 Å². The van der Waals surface area contributed by atoms with E-state index in [4.69, 9.17) is 23.2 Å². The Kier molecular flexibility index (Phi) is 5.13. The molecular formula is C21H19Cl2N3O2. The van der Waals surface area contributed by atoms with E-state index in [2.05, 4.69) is 15.3 Å². The van der Waals surface area contributed by atoms with Crippen molar-refractivity contribution in [3.8, 4) is 0 Å². The Morgan fingerprint density at radius 2 is 2.00 bits per heavy atom. The molecule has 28 heavy (non-hydrogen) atoms. The second kappa shape index (κ2) is 7.57. The molecule has 0 spiro atoms. The van der Waals surface area contributed by atoms with E-state index in [1.807, 2.05) is 31.2 Å². The standard InChI is InChI=1S/C21H19Cl2N3O2/c1-11-7-12-8-14(5-6-17(12)24-11)25-21(28)15-9-13(10-16(15)22)20(27)18-3-2-4-19(23)26-18/h2-8,13,15-16,24H,9-10H2,1H3,(H,25,28). The predicted molar refractivity (Wildman–Crippen MR) is 111 cm³/mol. The molecule has 5 nitrogen and oxygen atoms in total. The number of rotatable bonds is 4. The third-order valence-corrected chi connectivity index (χ3v) is 5.88. The number of aromatic amines is 1. The van der Waals surface area contributed by atoms with E-state index in [1.165, 1.54) is 0 Å². The van der Waals surface area contributed by atoms with Crippen molar-refractivity contribution in [2.75, 3.05) is 5.32 Å². The molecule has 1 amide bonds. The number of aromatic nitrogens is 2. The number of H-pyrrole nitrogens is 1. The van der Waals surface area contributed by atoms with Crippen LogP contribution < -0.4 is 5.32 Å². The number of amides is 1. The highest BCUT2D eigenvalue weighted by molar-refractivity contribution is 6.29. The van der Waals surface area contributed by atoms with Crippen molar-refractivity contribution in [1.29, 1.82) is 0 Å². The molecule has 1 aromatic carbocycles. The molecule has 3 atom stereocenters. The van der Waals surface area contributed by atoms with Crippen LogP contribution in [0.15, 0.2) is 42.5 Å². The summed E-state index contributed by atoms with van der Waals surface area (Å²) in [4.78, 5) is 32.8. The molecule has 7 heteroatoms. The fourth-order valence-corrected chi connectivity index (χ4v) is 4.41. The molecule has 0 saturated heterocycles. The van der Waals surface area contributed by atoms with Crippen LogP contribution in [-0.2, 0) is 4.79 Å². The zero-order valence-electron chi connectivity index (χ0n) is 15.2. The third-order valence-electron chi connectivity index (χ3n) is 5.18. The molecule has 144 valence electrons. The number of ketones is 1. The van der Waals surface area contributed by atoms with E-state index in [0.29, 0.717) is 24.2 Å². The number of hydrogen-bond donors (Lipinski definition) is 2. The van der Waals surface area contributed by atoms with Gasteiger partial charge in [-0.25, -0.2) is 4.98 Å². The number of carbonyl (C=O) groups is 2. The number of hydrogen-bond acceptors (Lipinski definition) is 3. The predicted octanol–water partition coefficient (Wildman–Crippen LogP) is 4.98. The quantitative estimate of drug-likeness (QED) is 0.358. The summed E-state index contributed by atoms with van der Waals surface area (Å²) in [6.45, 7) is 1.99. The van der Waals surface area contributed by atoms with Gasteiger partial charge in [-0.2, -0.15) is 0 Å². The van der Waals surface area contributed by atoms with Crippen molar-refractivity contribution >= 4 is 51.5 Å². The largest absolute Gasteiger partial charge is 0.359 e. The molecule has 1 saturated carbocycles. The number of nitrogens with zero attached hydrogens (tertiary/aromatic N) is 1. The van der Waals surface area contributed by atoms with Crippen LogP contribution in [-0.4, -0.2) is 27.0 Å². The number of anilines is 1. The van der Waals surface area contributed by atoms with E-state index in [0.717, 1.165) is 16.6 Å². The Balaban J connectivity index is 1.46. The fraction of sp³-hybridized carbons (Fsp3) is 0.286. The Morgan fingerprint density at radius 1 is 1.18 bits per heavy atom. The smallest absolute Gasteiger partial charge is 0.229 e. The molecule has 1 aliphatic carbocycles. The maximum atomic E-state index is 12.8. The normalized spacial score (nSPS) is 21.8. The third kappa shape index (κ3) is 3.77. The van der Waals surface area contributed by atoms with Crippen LogP contribution in [0.3, 0.4) is 0 Å². The summed E-state index contributed by atoms with van der Waals surface area (Å²) in [5, 5.41) is 3.85. The van der Waals surface area contributed by atoms with Gasteiger partial charge in [0, 0.05) is 33.6 Å². The van der Waals surface area contributed by atoms with Gasteiger partial charge in [-0.15, -0.1) is 11.6 Å². The van der Waals surface area contributed by atoms with E-state index >= 15 is 0 Å². The summed E-state index contributed by atoms with van der Waals surface area (Å²) in [6.07, 6.45) is 0.848. The van der Waals surface area contributed by atoms with Crippen molar-refractivity contribution in [3.05, 3.63) is 59.0 Å². The summed E-state index contributed by atoms with van der Waals surface area (Å²) < 4.78 is 0.